The lowest BCUT2D eigenvalue weighted by Gasteiger charge is -2.35. The van der Waals surface area contributed by atoms with E-state index in [-0.39, 0.29) is 11.5 Å². The van der Waals surface area contributed by atoms with Crippen LogP contribution in [0.4, 0.5) is 0 Å². The summed E-state index contributed by atoms with van der Waals surface area (Å²) in [6.07, 6.45) is 2.78. The molecule has 0 N–H and O–H groups in total. The first-order valence-corrected chi connectivity index (χ1v) is 17.3. The predicted molar refractivity (Wildman–Crippen MR) is 141 cm³/mol. The van der Waals surface area contributed by atoms with Crippen LogP contribution in [-0.2, 0) is 9.53 Å². The number of carbonyl (C=O) groups excluding carboxylic acids is 1. The largest absolute Gasteiger partial charge is 0.469 e. The third-order valence-electron chi connectivity index (χ3n) is 6.68. The Hall–Kier alpha value is -2.70. The van der Waals surface area contributed by atoms with Gasteiger partial charge in [0.2, 0.25) is 0 Å². The molecule has 0 saturated heterocycles. The van der Waals surface area contributed by atoms with Crippen molar-refractivity contribution in [2.75, 3.05) is 7.11 Å². The van der Waals surface area contributed by atoms with E-state index >= 15 is 0 Å². The van der Waals surface area contributed by atoms with Crippen LogP contribution in [0.1, 0.15) is 17.5 Å². The lowest BCUT2D eigenvalue weighted by atomic mass is 10.1. The second-order valence-corrected chi connectivity index (χ2v) is 18.5. The molecule has 1 atom stereocenters. The first-order valence-electron chi connectivity index (χ1n) is 11.2. The van der Waals surface area contributed by atoms with Crippen molar-refractivity contribution < 1.29 is 9.53 Å². The van der Waals surface area contributed by atoms with Gasteiger partial charge >= 0.3 is 5.97 Å². The van der Waals surface area contributed by atoms with Crippen molar-refractivity contribution in [2.24, 2.45) is 0 Å². The van der Waals surface area contributed by atoms with Crippen molar-refractivity contribution in [2.45, 2.75) is 38.2 Å². The van der Waals surface area contributed by atoms with E-state index in [4.69, 9.17) is 4.74 Å². The topological polar surface area (TPSA) is 26.3 Å². The molecule has 1 unspecified atom stereocenters. The van der Waals surface area contributed by atoms with Crippen molar-refractivity contribution >= 4 is 32.5 Å². The van der Waals surface area contributed by atoms with E-state index in [1.54, 1.807) is 0 Å². The van der Waals surface area contributed by atoms with E-state index in [1.807, 2.05) is 0 Å². The SMILES string of the molecule is COC(=O)C/C(=C\C(c1ccccc1)[Si](C)(C)c1ccccc1)[Si](C)(C)c1ccccc1. The summed E-state index contributed by atoms with van der Waals surface area (Å²) in [6.45, 7) is 9.55. The Morgan fingerprint density at radius 2 is 1.25 bits per heavy atom. The normalized spacial score (nSPS) is 13.5. The van der Waals surface area contributed by atoms with Gasteiger partial charge in [-0.15, -0.1) is 0 Å². The molecule has 0 aromatic heterocycles. The summed E-state index contributed by atoms with van der Waals surface area (Å²) in [5.74, 6) is -0.168. The number of hydrogen-bond acceptors (Lipinski definition) is 2. The van der Waals surface area contributed by atoms with Crippen molar-refractivity contribution in [3.05, 3.63) is 108 Å². The molecule has 0 aliphatic carbocycles. The second-order valence-electron chi connectivity index (χ2n) is 9.41. The van der Waals surface area contributed by atoms with Crippen LogP contribution >= 0.6 is 0 Å². The summed E-state index contributed by atoms with van der Waals surface area (Å²) in [5, 5.41) is 3.99. The summed E-state index contributed by atoms with van der Waals surface area (Å²) in [6, 6.07) is 32.3. The van der Waals surface area contributed by atoms with E-state index in [9.17, 15) is 4.79 Å². The fraction of sp³-hybridized carbons (Fsp3) is 0.250. The summed E-state index contributed by atoms with van der Waals surface area (Å²) in [4.78, 5) is 12.5. The molecule has 4 heteroatoms. The van der Waals surface area contributed by atoms with E-state index in [0.717, 1.165) is 0 Å². The molecule has 0 aliphatic heterocycles. The molecule has 0 fully saturated rings. The van der Waals surface area contributed by atoms with E-state index in [1.165, 1.54) is 28.2 Å². The third-order valence-corrected chi connectivity index (χ3v) is 14.3. The van der Waals surface area contributed by atoms with Crippen molar-refractivity contribution in [1.82, 2.24) is 0 Å². The average molecular weight is 459 g/mol. The summed E-state index contributed by atoms with van der Waals surface area (Å²) < 4.78 is 5.12. The van der Waals surface area contributed by atoms with Gasteiger partial charge in [-0.25, -0.2) is 0 Å². The molecule has 0 bridgehead atoms. The van der Waals surface area contributed by atoms with Crippen LogP contribution in [0.3, 0.4) is 0 Å². The number of methoxy groups -OCH3 is 1. The number of hydrogen-bond donors (Lipinski definition) is 0. The number of benzene rings is 3. The predicted octanol–water partition coefficient (Wildman–Crippen LogP) is 5.57. The maximum atomic E-state index is 12.5. The van der Waals surface area contributed by atoms with Crippen LogP contribution in [-0.4, -0.2) is 29.2 Å². The maximum absolute atomic E-state index is 12.5. The minimum absolute atomic E-state index is 0.168. The van der Waals surface area contributed by atoms with Crippen LogP contribution in [0.25, 0.3) is 0 Å². The molecule has 3 aromatic rings. The molecule has 3 rings (SSSR count). The highest BCUT2D eigenvalue weighted by molar-refractivity contribution is 6.96. The number of carbonyl (C=O) groups is 1. The van der Waals surface area contributed by atoms with Gasteiger partial charge in [0, 0.05) is 5.54 Å². The van der Waals surface area contributed by atoms with Crippen molar-refractivity contribution in [1.29, 1.82) is 0 Å². The smallest absolute Gasteiger partial charge is 0.309 e. The van der Waals surface area contributed by atoms with Gasteiger partial charge in [0.1, 0.15) is 8.07 Å². The number of ether oxygens (including phenoxy) is 1. The van der Waals surface area contributed by atoms with E-state index in [2.05, 4.69) is 123 Å². The minimum atomic E-state index is -2.08. The Morgan fingerprint density at radius 1 is 0.781 bits per heavy atom. The van der Waals surface area contributed by atoms with Crippen molar-refractivity contribution in [3.8, 4) is 0 Å². The highest BCUT2D eigenvalue weighted by atomic mass is 28.3. The van der Waals surface area contributed by atoms with Crippen molar-refractivity contribution in [3.63, 3.8) is 0 Å². The quantitative estimate of drug-likeness (QED) is 0.326. The minimum Gasteiger partial charge on any atom is -0.469 e. The molecule has 0 saturated carbocycles. The van der Waals surface area contributed by atoms with Gasteiger partial charge in [-0.05, 0) is 5.56 Å². The summed E-state index contributed by atoms with van der Waals surface area (Å²) in [7, 11) is -2.56. The first-order chi connectivity index (χ1) is 15.3. The molecule has 3 aromatic carbocycles. The maximum Gasteiger partial charge on any atom is 0.309 e. The van der Waals surface area contributed by atoms with Gasteiger partial charge in [-0.3, -0.25) is 4.79 Å². The van der Waals surface area contributed by atoms with Crippen LogP contribution in [0.2, 0.25) is 26.2 Å². The Labute approximate surface area is 195 Å². The number of rotatable bonds is 8. The van der Waals surface area contributed by atoms with Crippen LogP contribution in [0.15, 0.2) is 102 Å². The zero-order chi connectivity index (χ0) is 23.2. The molecule has 0 amide bonds. The fourth-order valence-electron chi connectivity index (χ4n) is 4.39. The van der Waals surface area contributed by atoms with Gasteiger partial charge in [0.15, 0.2) is 0 Å². The second kappa shape index (κ2) is 10.3. The van der Waals surface area contributed by atoms with Crippen LogP contribution in [0.5, 0.6) is 0 Å². The van der Waals surface area contributed by atoms with Gasteiger partial charge in [-0.1, -0.05) is 139 Å². The molecule has 0 radical (unpaired) electrons. The van der Waals surface area contributed by atoms with Gasteiger partial charge in [-0.2, -0.15) is 0 Å². The number of allylic oxidation sites excluding steroid dienone is 1. The van der Waals surface area contributed by atoms with Crippen LogP contribution in [0, 0.1) is 0 Å². The fourth-order valence-corrected chi connectivity index (χ4v) is 10.2. The third kappa shape index (κ3) is 5.37. The Bertz CT molecular complexity index is 1040. The highest BCUT2D eigenvalue weighted by Gasteiger charge is 2.37. The zero-order valence-electron chi connectivity index (χ0n) is 19.8. The monoisotopic (exact) mass is 458 g/mol. The lowest BCUT2D eigenvalue weighted by molar-refractivity contribution is -0.139. The Kier molecular flexibility index (Phi) is 7.70. The Morgan fingerprint density at radius 3 is 1.75 bits per heavy atom. The molecule has 166 valence electrons. The van der Waals surface area contributed by atoms with Gasteiger partial charge < -0.3 is 4.74 Å². The lowest BCUT2D eigenvalue weighted by Crippen LogP contribution is -2.49. The van der Waals surface area contributed by atoms with Gasteiger partial charge in [0.25, 0.3) is 0 Å². The summed E-state index contributed by atoms with van der Waals surface area (Å²) >= 11 is 0. The zero-order valence-corrected chi connectivity index (χ0v) is 21.8. The Balaban J connectivity index is 2.19. The molecule has 0 heterocycles. The first kappa shape index (κ1) is 24.0. The molecule has 0 aliphatic rings. The van der Waals surface area contributed by atoms with Gasteiger partial charge in [0.05, 0.1) is 21.6 Å². The molecule has 0 spiro atoms. The highest BCUT2D eigenvalue weighted by Crippen LogP contribution is 2.32. The average Bonchev–Trinajstić information content (AvgIpc) is 2.83. The summed E-state index contributed by atoms with van der Waals surface area (Å²) in [5.41, 5.74) is 1.56. The van der Waals surface area contributed by atoms with E-state index in [0.29, 0.717) is 6.42 Å². The standard InChI is InChI=1S/C28H34O2Si2/c1-30-28(29)22-26(31(2,3)24-17-11-7-12-18-24)21-27(23-15-9-6-10-16-23)32(4,5)25-19-13-8-14-20-25/h6-21,27H,22H2,1-5H3/b26-21+. The molecule has 32 heavy (non-hydrogen) atoms. The molecule has 2 nitrogen and oxygen atoms in total. The van der Waals surface area contributed by atoms with E-state index < -0.39 is 16.1 Å². The number of esters is 1. The molecular formula is C28H34O2Si2. The molecular weight excluding hydrogens is 424 g/mol. The van der Waals surface area contributed by atoms with Crippen LogP contribution < -0.4 is 10.4 Å².